The zero-order chi connectivity index (χ0) is 28.0. The van der Waals surface area contributed by atoms with Gasteiger partial charge in [-0.15, -0.1) is 0 Å². The van der Waals surface area contributed by atoms with E-state index in [0.717, 1.165) is 11.6 Å². The molecule has 0 spiro atoms. The van der Waals surface area contributed by atoms with Crippen LogP contribution in [-0.4, -0.2) is 40.6 Å². The number of aryl methyl sites for hydroxylation is 1. The molecule has 2 aliphatic rings. The monoisotopic (exact) mass is 537 g/mol. The van der Waals surface area contributed by atoms with E-state index in [1.54, 1.807) is 30.9 Å². The molecule has 206 valence electrons. The van der Waals surface area contributed by atoms with Crippen LogP contribution in [0.25, 0.3) is 0 Å². The van der Waals surface area contributed by atoms with E-state index in [1.165, 1.54) is 24.3 Å². The van der Waals surface area contributed by atoms with E-state index < -0.39 is 40.5 Å². The maximum atomic E-state index is 14.8. The third kappa shape index (κ3) is 4.92. The Morgan fingerprint density at radius 3 is 2.45 bits per heavy atom. The van der Waals surface area contributed by atoms with Crippen LogP contribution < -0.4 is 0 Å². The Morgan fingerprint density at radius 2 is 1.84 bits per heavy atom. The summed E-state index contributed by atoms with van der Waals surface area (Å²) in [7, 11) is 0. The minimum atomic E-state index is -5.08. The molecule has 0 bridgehead atoms. The zero-order valence-electron chi connectivity index (χ0n) is 21.6. The van der Waals surface area contributed by atoms with Gasteiger partial charge in [0.25, 0.3) is 0 Å². The highest BCUT2D eigenvalue weighted by Gasteiger charge is 2.55. The highest BCUT2D eigenvalue weighted by molar-refractivity contribution is 5.83. The maximum Gasteiger partial charge on any atom is 0.426 e. The molecule has 0 radical (unpaired) electrons. The highest BCUT2D eigenvalue weighted by atomic mass is 19.4. The number of alkyl halides is 4. The summed E-state index contributed by atoms with van der Waals surface area (Å²) >= 11 is 0. The molecule has 38 heavy (non-hydrogen) atoms. The van der Waals surface area contributed by atoms with Crippen LogP contribution in [0.3, 0.4) is 0 Å². The molecule has 1 aliphatic heterocycles. The van der Waals surface area contributed by atoms with Gasteiger partial charge in [0, 0.05) is 24.4 Å². The van der Waals surface area contributed by atoms with Crippen molar-refractivity contribution >= 4 is 11.9 Å². The van der Waals surface area contributed by atoms with Gasteiger partial charge >= 0.3 is 12.1 Å². The van der Waals surface area contributed by atoms with Gasteiger partial charge in [0.15, 0.2) is 0 Å². The van der Waals surface area contributed by atoms with Gasteiger partial charge in [0.05, 0.1) is 5.92 Å². The smallest absolute Gasteiger partial charge is 0.426 e. The standard InChI is InChI=1S/C29H32F5NO3/c1-17(2)22(26(37)38)15-25(36)35-12-11-28(16-18-5-4-6-21(30)13-18)23-9-8-20(27(3,31)29(32,33)34)14-19(23)7-10-24(28)35/h4-6,8-9,13-14,17,22,24H,7,10-12,15-16H2,1-3H3,(H,37,38)/t22-,24?,27?,28?/m1/s1. The number of hydrogen-bond acceptors (Lipinski definition) is 2. The molecule has 0 saturated carbocycles. The predicted octanol–water partition coefficient (Wildman–Crippen LogP) is 6.35. The highest BCUT2D eigenvalue weighted by Crippen LogP contribution is 2.51. The van der Waals surface area contributed by atoms with Crippen LogP contribution in [0, 0.1) is 17.7 Å². The topological polar surface area (TPSA) is 57.6 Å². The SMILES string of the molecule is CC(C)[C@@H](CC(=O)N1CCC2(Cc3cccc(F)c3)c3ccc(C(C)(F)C(F)(F)F)cc3CCC12)C(=O)O. The fourth-order valence-electron chi connectivity index (χ4n) is 6.25. The molecule has 0 aromatic heterocycles. The lowest BCUT2D eigenvalue weighted by Gasteiger charge is -2.44. The Morgan fingerprint density at radius 1 is 1.13 bits per heavy atom. The second kappa shape index (κ2) is 9.97. The lowest BCUT2D eigenvalue weighted by Crippen LogP contribution is -2.50. The van der Waals surface area contributed by atoms with Crippen LogP contribution >= 0.6 is 0 Å². The molecule has 2 aromatic rings. The number of nitrogens with zero attached hydrogens (tertiary/aromatic N) is 1. The normalized spacial score (nSPS) is 23.5. The van der Waals surface area contributed by atoms with Crippen molar-refractivity contribution < 1.29 is 36.6 Å². The fraction of sp³-hybridized carbons (Fsp3) is 0.517. The second-order valence-electron chi connectivity index (χ2n) is 11.1. The molecule has 1 fully saturated rings. The molecular weight excluding hydrogens is 505 g/mol. The molecular formula is C29H32F5NO3. The van der Waals surface area contributed by atoms with Gasteiger partial charge in [-0.3, -0.25) is 9.59 Å². The number of likely N-dealkylation sites (tertiary alicyclic amines) is 1. The lowest BCUT2D eigenvalue weighted by molar-refractivity contribution is -0.228. The number of benzene rings is 2. The van der Waals surface area contributed by atoms with Crippen molar-refractivity contribution in [2.75, 3.05) is 6.54 Å². The summed E-state index contributed by atoms with van der Waals surface area (Å²) in [5.41, 5.74) is -2.73. The van der Waals surface area contributed by atoms with Crippen molar-refractivity contribution in [1.82, 2.24) is 4.90 Å². The minimum Gasteiger partial charge on any atom is -0.481 e. The number of halogens is 5. The van der Waals surface area contributed by atoms with Crippen LogP contribution in [0.1, 0.15) is 62.3 Å². The van der Waals surface area contributed by atoms with Gasteiger partial charge in [-0.2, -0.15) is 13.2 Å². The second-order valence-corrected chi connectivity index (χ2v) is 11.1. The first-order chi connectivity index (χ1) is 17.7. The van der Waals surface area contributed by atoms with E-state index in [0.29, 0.717) is 50.3 Å². The van der Waals surface area contributed by atoms with E-state index >= 15 is 0 Å². The summed E-state index contributed by atoms with van der Waals surface area (Å²) in [6, 6.07) is 9.69. The third-order valence-electron chi connectivity index (χ3n) is 8.46. The molecule has 1 saturated heterocycles. The molecule has 1 amide bonds. The summed E-state index contributed by atoms with van der Waals surface area (Å²) in [6.45, 7) is 4.34. The molecule has 1 heterocycles. The average Bonchev–Trinajstić information content (AvgIpc) is 3.20. The van der Waals surface area contributed by atoms with Crippen molar-refractivity contribution in [3.63, 3.8) is 0 Å². The summed E-state index contributed by atoms with van der Waals surface area (Å²) < 4.78 is 69.2. The van der Waals surface area contributed by atoms with Crippen molar-refractivity contribution in [1.29, 1.82) is 0 Å². The Bertz CT molecular complexity index is 1220. The van der Waals surface area contributed by atoms with Gasteiger partial charge in [0.1, 0.15) is 5.82 Å². The molecule has 9 heteroatoms. The van der Waals surface area contributed by atoms with E-state index in [2.05, 4.69) is 0 Å². The quantitative estimate of drug-likeness (QED) is 0.419. The van der Waals surface area contributed by atoms with E-state index in [9.17, 15) is 36.6 Å². The van der Waals surface area contributed by atoms with Crippen LogP contribution in [0.4, 0.5) is 22.0 Å². The first kappa shape index (κ1) is 28.0. The van der Waals surface area contributed by atoms with Crippen LogP contribution in [-0.2, 0) is 33.5 Å². The van der Waals surface area contributed by atoms with Crippen molar-refractivity contribution in [2.45, 2.75) is 76.2 Å². The maximum absolute atomic E-state index is 14.8. The van der Waals surface area contributed by atoms with Gasteiger partial charge in [-0.1, -0.05) is 44.2 Å². The van der Waals surface area contributed by atoms with Crippen molar-refractivity contribution in [3.8, 4) is 0 Å². The number of hydrogen-bond donors (Lipinski definition) is 1. The van der Waals surface area contributed by atoms with Crippen LogP contribution in [0.2, 0.25) is 0 Å². The number of aliphatic carboxylic acids is 1. The number of carbonyl (C=O) groups is 2. The first-order valence-corrected chi connectivity index (χ1v) is 12.8. The van der Waals surface area contributed by atoms with Gasteiger partial charge in [-0.05, 0) is 72.9 Å². The number of fused-ring (bicyclic) bond motifs is 3. The van der Waals surface area contributed by atoms with Gasteiger partial charge in [-0.25, -0.2) is 8.78 Å². The van der Waals surface area contributed by atoms with E-state index in [1.807, 2.05) is 0 Å². The summed E-state index contributed by atoms with van der Waals surface area (Å²) in [5.74, 6) is -2.84. The molecule has 4 rings (SSSR count). The van der Waals surface area contributed by atoms with E-state index in [4.69, 9.17) is 0 Å². The number of carboxylic acids is 1. The first-order valence-electron chi connectivity index (χ1n) is 12.8. The Balaban J connectivity index is 1.76. The minimum absolute atomic E-state index is 0.156. The molecule has 1 N–H and O–H groups in total. The van der Waals surface area contributed by atoms with E-state index in [-0.39, 0.29) is 24.3 Å². The Labute approximate surface area is 218 Å². The molecule has 4 nitrogen and oxygen atoms in total. The fourth-order valence-corrected chi connectivity index (χ4v) is 6.25. The third-order valence-corrected chi connectivity index (χ3v) is 8.46. The summed E-state index contributed by atoms with van der Waals surface area (Å²) in [6.07, 6.45) is -3.67. The zero-order valence-corrected chi connectivity index (χ0v) is 21.6. The summed E-state index contributed by atoms with van der Waals surface area (Å²) in [4.78, 5) is 26.8. The van der Waals surface area contributed by atoms with Crippen LogP contribution in [0.5, 0.6) is 0 Å². The van der Waals surface area contributed by atoms with Gasteiger partial charge < -0.3 is 10.0 Å². The van der Waals surface area contributed by atoms with Gasteiger partial charge in [0.2, 0.25) is 11.6 Å². The van der Waals surface area contributed by atoms with Crippen molar-refractivity contribution in [3.05, 3.63) is 70.5 Å². The predicted molar refractivity (Wildman–Crippen MR) is 132 cm³/mol. The number of amides is 1. The van der Waals surface area contributed by atoms with Crippen molar-refractivity contribution in [2.24, 2.45) is 11.8 Å². The average molecular weight is 538 g/mol. The number of carboxylic acid groups (broad SMARTS) is 1. The molecule has 3 unspecified atom stereocenters. The Kier molecular flexibility index (Phi) is 7.36. The molecule has 4 atom stereocenters. The molecule has 2 aromatic carbocycles. The lowest BCUT2D eigenvalue weighted by atomic mass is 9.63. The van der Waals surface area contributed by atoms with Crippen LogP contribution in [0.15, 0.2) is 42.5 Å². The number of rotatable bonds is 7. The summed E-state index contributed by atoms with van der Waals surface area (Å²) in [5, 5.41) is 9.60. The largest absolute Gasteiger partial charge is 0.481 e. The Hall–Kier alpha value is -2.97. The number of carbonyl (C=O) groups excluding carboxylic acids is 1. The molecule has 1 aliphatic carbocycles.